The van der Waals surface area contributed by atoms with Crippen molar-refractivity contribution < 1.29 is 24.2 Å². The Bertz CT molecular complexity index is 853. The van der Waals surface area contributed by atoms with Gasteiger partial charge in [0, 0.05) is 6.54 Å². The van der Waals surface area contributed by atoms with E-state index in [9.17, 15) is 19.5 Å². The number of carbonyl (C=O) groups is 3. The van der Waals surface area contributed by atoms with Crippen LogP contribution in [-0.2, 0) is 15.0 Å². The molecule has 0 aliphatic carbocycles. The third-order valence-corrected chi connectivity index (χ3v) is 4.77. The number of ether oxygens (including phenoxy) is 1. The average Bonchev–Trinajstić information content (AvgIpc) is 2.74. The summed E-state index contributed by atoms with van der Waals surface area (Å²) in [6, 6.07) is 15.6. The first-order valence-corrected chi connectivity index (χ1v) is 9.50. The zero-order valence-corrected chi connectivity index (χ0v) is 16.6. The number of carboxylic acids is 1. The Balaban J connectivity index is 2.00. The van der Waals surface area contributed by atoms with Crippen LogP contribution in [0.2, 0.25) is 0 Å². The molecule has 0 radical (unpaired) electrons. The van der Waals surface area contributed by atoms with E-state index < -0.39 is 23.2 Å². The summed E-state index contributed by atoms with van der Waals surface area (Å²) in [5.41, 5.74) is -0.285. The molecule has 2 amide bonds. The Hall–Kier alpha value is -3.35. The predicted molar refractivity (Wildman–Crippen MR) is 109 cm³/mol. The maximum Gasteiger partial charge on any atom is 0.315 e. The summed E-state index contributed by atoms with van der Waals surface area (Å²) in [6.07, 6.45) is 0.306. The number of carboxylic acid groups (broad SMARTS) is 1. The van der Waals surface area contributed by atoms with Gasteiger partial charge >= 0.3 is 5.97 Å². The number of aliphatic carboxylic acids is 1. The predicted octanol–water partition coefficient (Wildman–Crippen LogP) is 2.36. The summed E-state index contributed by atoms with van der Waals surface area (Å²) in [6.45, 7) is 3.65. The topological polar surface area (TPSA) is 105 Å². The van der Waals surface area contributed by atoms with E-state index in [1.165, 1.54) is 0 Å². The first-order valence-electron chi connectivity index (χ1n) is 9.50. The highest BCUT2D eigenvalue weighted by molar-refractivity contribution is 5.98. The van der Waals surface area contributed by atoms with E-state index in [0.717, 1.165) is 0 Å². The summed E-state index contributed by atoms with van der Waals surface area (Å²) >= 11 is 0. The number of amides is 2. The van der Waals surface area contributed by atoms with E-state index in [0.29, 0.717) is 29.9 Å². The lowest BCUT2D eigenvalue weighted by molar-refractivity contribution is -0.144. The van der Waals surface area contributed by atoms with Gasteiger partial charge in [-0.15, -0.1) is 0 Å². The second-order valence-electron chi connectivity index (χ2n) is 6.50. The smallest absolute Gasteiger partial charge is 0.315 e. The number of hydrogen-bond donors (Lipinski definition) is 3. The van der Waals surface area contributed by atoms with Gasteiger partial charge in [0.2, 0.25) is 5.91 Å². The maximum absolute atomic E-state index is 12.4. The van der Waals surface area contributed by atoms with Gasteiger partial charge in [0.1, 0.15) is 11.2 Å². The second kappa shape index (κ2) is 10.3. The van der Waals surface area contributed by atoms with E-state index in [1.807, 2.05) is 6.92 Å². The van der Waals surface area contributed by atoms with Crippen LogP contribution >= 0.6 is 0 Å². The number of hydrogen-bond acceptors (Lipinski definition) is 4. The van der Waals surface area contributed by atoms with Crippen molar-refractivity contribution in [3.63, 3.8) is 0 Å². The first kappa shape index (κ1) is 21.9. The number of para-hydroxylation sites is 1. The molecule has 0 saturated carbocycles. The molecule has 0 aromatic heterocycles. The highest BCUT2D eigenvalue weighted by atomic mass is 16.5. The molecule has 0 fully saturated rings. The number of rotatable bonds is 10. The normalized spacial score (nSPS) is 12.5. The third-order valence-electron chi connectivity index (χ3n) is 4.77. The minimum atomic E-state index is -1.23. The fourth-order valence-electron chi connectivity index (χ4n) is 3.04. The van der Waals surface area contributed by atoms with Crippen LogP contribution < -0.4 is 15.4 Å². The van der Waals surface area contributed by atoms with Crippen molar-refractivity contribution >= 4 is 17.8 Å². The van der Waals surface area contributed by atoms with Crippen LogP contribution in [-0.4, -0.2) is 42.6 Å². The number of benzene rings is 2. The maximum atomic E-state index is 12.4. The summed E-state index contributed by atoms with van der Waals surface area (Å²) in [5.74, 6) is -1.48. The van der Waals surface area contributed by atoms with Crippen LogP contribution in [0.25, 0.3) is 0 Å². The largest absolute Gasteiger partial charge is 0.493 e. The van der Waals surface area contributed by atoms with Crippen molar-refractivity contribution in [1.82, 2.24) is 10.6 Å². The van der Waals surface area contributed by atoms with Crippen LogP contribution in [0.15, 0.2) is 54.6 Å². The number of carbonyl (C=O) groups excluding carboxylic acids is 2. The van der Waals surface area contributed by atoms with Crippen LogP contribution in [0.4, 0.5) is 0 Å². The first-order chi connectivity index (χ1) is 13.9. The fourth-order valence-corrected chi connectivity index (χ4v) is 3.04. The molecule has 7 nitrogen and oxygen atoms in total. The molecule has 0 aliphatic heterocycles. The Kier molecular flexibility index (Phi) is 7.77. The van der Waals surface area contributed by atoms with Gasteiger partial charge in [0.15, 0.2) is 0 Å². The van der Waals surface area contributed by atoms with Crippen molar-refractivity contribution in [2.45, 2.75) is 25.7 Å². The van der Waals surface area contributed by atoms with Crippen LogP contribution in [0.1, 0.15) is 36.2 Å². The molecule has 29 heavy (non-hydrogen) atoms. The molecular formula is C22H26N2O5. The van der Waals surface area contributed by atoms with Crippen molar-refractivity contribution in [2.24, 2.45) is 0 Å². The van der Waals surface area contributed by atoms with Crippen LogP contribution in [0.3, 0.4) is 0 Å². The SMILES string of the molecule is CCOc1ccccc1C(=O)NCC(=O)NCC(CC)(C(=O)O)c1ccccc1. The third kappa shape index (κ3) is 5.34. The molecule has 2 aromatic carbocycles. The Morgan fingerprint density at radius 2 is 1.62 bits per heavy atom. The quantitative estimate of drug-likeness (QED) is 0.570. The van der Waals surface area contributed by atoms with Gasteiger partial charge in [0.25, 0.3) is 5.91 Å². The van der Waals surface area contributed by atoms with Crippen LogP contribution in [0, 0.1) is 0 Å². The molecule has 0 spiro atoms. The zero-order valence-electron chi connectivity index (χ0n) is 16.6. The molecule has 7 heteroatoms. The van der Waals surface area contributed by atoms with E-state index in [1.54, 1.807) is 61.5 Å². The van der Waals surface area contributed by atoms with Gasteiger partial charge in [0.05, 0.1) is 18.7 Å². The summed E-state index contributed by atoms with van der Waals surface area (Å²) < 4.78 is 5.42. The van der Waals surface area contributed by atoms with Gasteiger partial charge in [-0.05, 0) is 31.0 Å². The molecule has 0 heterocycles. The molecule has 1 unspecified atom stereocenters. The average molecular weight is 398 g/mol. The molecule has 2 aromatic rings. The Labute approximate surface area is 170 Å². The molecule has 3 N–H and O–H groups in total. The highest BCUT2D eigenvalue weighted by Crippen LogP contribution is 2.27. The van der Waals surface area contributed by atoms with E-state index >= 15 is 0 Å². The van der Waals surface area contributed by atoms with E-state index in [2.05, 4.69) is 10.6 Å². The van der Waals surface area contributed by atoms with E-state index in [-0.39, 0.29) is 13.1 Å². The highest BCUT2D eigenvalue weighted by Gasteiger charge is 2.38. The van der Waals surface area contributed by atoms with Gasteiger partial charge < -0.3 is 20.5 Å². The summed E-state index contributed by atoms with van der Waals surface area (Å²) in [7, 11) is 0. The summed E-state index contributed by atoms with van der Waals surface area (Å²) in [4.78, 5) is 36.6. The van der Waals surface area contributed by atoms with Gasteiger partial charge in [-0.3, -0.25) is 14.4 Å². The van der Waals surface area contributed by atoms with Gasteiger partial charge in [-0.1, -0.05) is 49.4 Å². The van der Waals surface area contributed by atoms with Crippen molar-refractivity contribution in [1.29, 1.82) is 0 Å². The number of nitrogens with one attached hydrogen (secondary N) is 2. The summed E-state index contributed by atoms with van der Waals surface area (Å²) in [5, 5.41) is 15.0. The zero-order chi connectivity index (χ0) is 21.3. The molecule has 1 atom stereocenters. The van der Waals surface area contributed by atoms with Crippen molar-refractivity contribution in [3.8, 4) is 5.75 Å². The lowest BCUT2D eigenvalue weighted by Gasteiger charge is -2.29. The van der Waals surface area contributed by atoms with Gasteiger partial charge in [-0.25, -0.2) is 0 Å². The molecule has 2 rings (SSSR count). The van der Waals surface area contributed by atoms with Crippen molar-refractivity contribution in [2.75, 3.05) is 19.7 Å². The molecule has 0 bridgehead atoms. The minimum absolute atomic E-state index is 0.0763. The Morgan fingerprint density at radius 1 is 0.966 bits per heavy atom. The molecule has 0 aliphatic rings. The molecule has 154 valence electrons. The fraction of sp³-hybridized carbons (Fsp3) is 0.318. The second-order valence-corrected chi connectivity index (χ2v) is 6.50. The van der Waals surface area contributed by atoms with Crippen LogP contribution in [0.5, 0.6) is 5.75 Å². The minimum Gasteiger partial charge on any atom is -0.493 e. The molecule has 0 saturated heterocycles. The standard InChI is InChI=1S/C22H26N2O5/c1-3-22(21(27)28,16-10-6-5-7-11-16)15-24-19(25)14-23-20(26)17-12-8-9-13-18(17)29-4-2/h5-13H,3-4,14-15H2,1-2H3,(H,23,26)(H,24,25)(H,27,28). The lowest BCUT2D eigenvalue weighted by atomic mass is 9.78. The monoisotopic (exact) mass is 398 g/mol. The van der Waals surface area contributed by atoms with Crippen molar-refractivity contribution in [3.05, 3.63) is 65.7 Å². The van der Waals surface area contributed by atoms with Gasteiger partial charge in [-0.2, -0.15) is 0 Å². The van der Waals surface area contributed by atoms with E-state index in [4.69, 9.17) is 4.74 Å². The molecular weight excluding hydrogens is 372 g/mol. The lowest BCUT2D eigenvalue weighted by Crippen LogP contribution is -2.48. The Morgan fingerprint density at radius 3 is 2.24 bits per heavy atom.